The molecule has 0 spiro atoms. The highest BCUT2D eigenvalue weighted by molar-refractivity contribution is 9.10. The fraction of sp³-hybridized carbons (Fsp3) is 0.462. The van der Waals surface area contributed by atoms with Gasteiger partial charge in [-0.05, 0) is 48.6 Å². The summed E-state index contributed by atoms with van der Waals surface area (Å²) in [6.07, 6.45) is 2.27. The second kappa shape index (κ2) is 8.01. The van der Waals surface area contributed by atoms with Crippen LogP contribution in [0.5, 0.6) is 11.5 Å². The molecular formula is C13H19BrN2O3. The van der Waals surface area contributed by atoms with Crippen molar-refractivity contribution in [2.45, 2.75) is 6.42 Å². The first-order valence-corrected chi connectivity index (χ1v) is 6.70. The maximum absolute atomic E-state index is 8.55. The fourth-order valence-electron chi connectivity index (χ4n) is 1.58. The van der Waals surface area contributed by atoms with Gasteiger partial charge < -0.3 is 19.6 Å². The van der Waals surface area contributed by atoms with Gasteiger partial charge in [-0.15, -0.1) is 0 Å². The Kier molecular flexibility index (Phi) is 6.66. The highest BCUT2D eigenvalue weighted by Gasteiger charge is 2.11. The minimum atomic E-state index is 0.606. The molecule has 19 heavy (non-hydrogen) atoms. The van der Waals surface area contributed by atoms with Crippen molar-refractivity contribution >= 4 is 22.1 Å². The summed E-state index contributed by atoms with van der Waals surface area (Å²) in [6, 6.07) is 3.56. The number of oxime groups is 1. The summed E-state index contributed by atoms with van der Waals surface area (Å²) in [5.74, 6) is 1.27. The second-order valence-corrected chi connectivity index (χ2v) is 5.14. The Labute approximate surface area is 121 Å². The van der Waals surface area contributed by atoms with E-state index >= 15 is 0 Å². The summed E-state index contributed by atoms with van der Waals surface area (Å²) in [4.78, 5) is 2.11. The largest absolute Gasteiger partial charge is 0.493 e. The minimum Gasteiger partial charge on any atom is -0.493 e. The molecule has 0 aliphatic carbocycles. The number of rotatable bonds is 7. The predicted molar refractivity (Wildman–Crippen MR) is 78.7 cm³/mol. The Hall–Kier alpha value is -1.27. The molecule has 0 amide bonds. The standard InChI is InChI=1S/C13H19BrN2O3/c1-16(2)5-4-6-19-13-11(14)7-10(9-15-17)8-12(13)18-3/h7-9,17H,4-6H2,1-3H3. The molecular weight excluding hydrogens is 312 g/mol. The van der Waals surface area contributed by atoms with E-state index in [4.69, 9.17) is 14.7 Å². The maximum atomic E-state index is 8.55. The molecule has 1 rings (SSSR count). The van der Waals surface area contributed by atoms with Crippen molar-refractivity contribution in [2.75, 3.05) is 34.4 Å². The molecule has 0 bridgehead atoms. The van der Waals surface area contributed by atoms with E-state index in [1.165, 1.54) is 6.21 Å². The zero-order chi connectivity index (χ0) is 14.3. The van der Waals surface area contributed by atoms with Crippen LogP contribution in [0.3, 0.4) is 0 Å². The first-order chi connectivity index (χ1) is 9.08. The Morgan fingerprint density at radius 1 is 1.42 bits per heavy atom. The molecule has 6 heteroatoms. The fourth-order valence-corrected chi connectivity index (χ4v) is 2.15. The van der Waals surface area contributed by atoms with Gasteiger partial charge in [0.15, 0.2) is 11.5 Å². The van der Waals surface area contributed by atoms with Crippen LogP contribution in [0.4, 0.5) is 0 Å². The van der Waals surface area contributed by atoms with Gasteiger partial charge >= 0.3 is 0 Å². The summed E-state index contributed by atoms with van der Waals surface area (Å²) in [5, 5.41) is 11.5. The second-order valence-electron chi connectivity index (χ2n) is 4.28. The van der Waals surface area contributed by atoms with Gasteiger partial charge in [0.05, 0.1) is 24.4 Å². The van der Waals surface area contributed by atoms with E-state index in [2.05, 4.69) is 26.0 Å². The van der Waals surface area contributed by atoms with Gasteiger partial charge in [0.25, 0.3) is 0 Å². The number of hydrogen-bond donors (Lipinski definition) is 1. The van der Waals surface area contributed by atoms with Gasteiger partial charge in [-0.25, -0.2) is 0 Å². The molecule has 0 unspecified atom stereocenters. The average Bonchev–Trinajstić information content (AvgIpc) is 2.36. The summed E-state index contributed by atoms with van der Waals surface area (Å²) >= 11 is 3.43. The van der Waals surface area contributed by atoms with Crippen LogP contribution in [0.25, 0.3) is 0 Å². The molecule has 106 valence electrons. The van der Waals surface area contributed by atoms with Crippen molar-refractivity contribution in [1.82, 2.24) is 4.90 Å². The quantitative estimate of drug-likeness (QED) is 0.361. The van der Waals surface area contributed by atoms with Crippen LogP contribution in [0.1, 0.15) is 12.0 Å². The monoisotopic (exact) mass is 330 g/mol. The van der Waals surface area contributed by atoms with Gasteiger partial charge in [-0.1, -0.05) is 5.16 Å². The van der Waals surface area contributed by atoms with E-state index in [1.807, 2.05) is 20.2 Å². The van der Waals surface area contributed by atoms with Gasteiger partial charge in [0.1, 0.15) is 0 Å². The molecule has 0 heterocycles. The lowest BCUT2D eigenvalue weighted by molar-refractivity contribution is 0.266. The number of nitrogens with zero attached hydrogens (tertiary/aromatic N) is 2. The molecule has 0 saturated heterocycles. The first kappa shape index (κ1) is 15.8. The van der Waals surface area contributed by atoms with Crippen LogP contribution < -0.4 is 9.47 Å². The molecule has 0 aliphatic heterocycles. The molecule has 1 aromatic rings. The number of hydrogen-bond acceptors (Lipinski definition) is 5. The number of methoxy groups -OCH3 is 1. The molecule has 0 fully saturated rings. The third kappa shape index (κ3) is 5.08. The molecule has 5 nitrogen and oxygen atoms in total. The lowest BCUT2D eigenvalue weighted by Crippen LogP contribution is -2.15. The topological polar surface area (TPSA) is 54.3 Å². The molecule has 0 aliphatic rings. The Morgan fingerprint density at radius 2 is 2.16 bits per heavy atom. The molecule has 0 saturated carbocycles. The lowest BCUT2D eigenvalue weighted by Gasteiger charge is -2.14. The van der Waals surface area contributed by atoms with E-state index in [-0.39, 0.29) is 0 Å². The van der Waals surface area contributed by atoms with Crippen LogP contribution >= 0.6 is 15.9 Å². The van der Waals surface area contributed by atoms with Crippen LogP contribution in [-0.4, -0.2) is 50.7 Å². The van der Waals surface area contributed by atoms with Crippen LogP contribution in [0.15, 0.2) is 21.8 Å². The van der Waals surface area contributed by atoms with Crippen molar-refractivity contribution in [1.29, 1.82) is 0 Å². The highest BCUT2D eigenvalue weighted by atomic mass is 79.9. The van der Waals surface area contributed by atoms with Crippen molar-refractivity contribution in [3.8, 4) is 11.5 Å². The van der Waals surface area contributed by atoms with Gasteiger partial charge in [0, 0.05) is 12.1 Å². The lowest BCUT2D eigenvalue weighted by atomic mass is 10.2. The summed E-state index contributed by atoms with van der Waals surface area (Å²) in [6.45, 7) is 1.58. The summed E-state index contributed by atoms with van der Waals surface area (Å²) < 4.78 is 11.8. The van der Waals surface area contributed by atoms with E-state index < -0.39 is 0 Å². The van der Waals surface area contributed by atoms with Gasteiger partial charge in [-0.2, -0.15) is 0 Å². The van der Waals surface area contributed by atoms with Crippen molar-refractivity contribution in [2.24, 2.45) is 5.16 Å². The molecule has 0 atom stereocenters. The average molecular weight is 331 g/mol. The molecule has 1 aromatic carbocycles. The number of ether oxygens (including phenoxy) is 2. The third-order valence-corrected chi connectivity index (χ3v) is 3.04. The zero-order valence-corrected chi connectivity index (χ0v) is 13.0. The van der Waals surface area contributed by atoms with Gasteiger partial charge in [0.2, 0.25) is 0 Å². The van der Waals surface area contributed by atoms with Crippen LogP contribution in [0, 0.1) is 0 Å². The van der Waals surface area contributed by atoms with E-state index in [0.29, 0.717) is 18.1 Å². The number of halogens is 1. The van der Waals surface area contributed by atoms with Crippen molar-refractivity contribution in [3.05, 3.63) is 22.2 Å². The highest BCUT2D eigenvalue weighted by Crippen LogP contribution is 2.36. The Bertz CT molecular complexity index is 436. The zero-order valence-electron chi connectivity index (χ0n) is 11.4. The molecule has 1 N–H and O–H groups in total. The normalized spacial score (nSPS) is 11.2. The first-order valence-electron chi connectivity index (χ1n) is 5.91. The smallest absolute Gasteiger partial charge is 0.175 e. The molecule has 0 aromatic heterocycles. The van der Waals surface area contributed by atoms with E-state index in [9.17, 15) is 0 Å². The van der Waals surface area contributed by atoms with Gasteiger partial charge in [-0.3, -0.25) is 0 Å². The Balaban J connectivity index is 2.76. The predicted octanol–water partition coefficient (Wildman–Crippen LogP) is 2.60. The number of benzene rings is 1. The third-order valence-electron chi connectivity index (χ3n) is 2.45. The SMILES string of the molecule is COc1cc(C=NO)cc(Br)c1OCCCN(C)C. The summed E-state index contributed by atoms with van der Waals surface area (Å²) in [7, 11) is 5.63. The van der Waals surface area contributed by atoms with E-state index in [0.717, 1.165) is 23.0 Å². The Morgan fingerprint density at radius 3 is 2.74 bits per heavy atom. The van der Waals surface area contributed by atoms with Crippen LogP contribution in [0.2, 0.25) is 0 Å². The van der Waals surface area contributed by atoms with Crippen LogP contribution in [-0.2, 0) is 0 Å². The summed E-state index contributed by atoms with van der Waals surface area (Å²) in [5.41, 5.74) is 0.729. The maximum Gasteiger partial charge on any atom is 0.175 e. The minimum absolute atomic E-state index is 0.606. The molecule has 0 radical (unpaired) electrons. The van der Waals surface area contributed by atoms with Crippen molar-refractivity contribution in [3.63, 3.8) is 0 Å². The van der Waals surface area contributed by atoms with Crippen molar-refractivity contribution < 1.29 is 14.7 Å². The van der Waals surface area contributed by atoms with E-state index in [1.54, 1.807) is 13.2 Å².